The van der Waals surface area contributed by atoms with Crippen LogP contribution in [0.3, 0.4) is 0 Å². The molecule has 0 saturated heterocycles. The number of hydrogen-bond acceptors (Lipinski definition) is 2. The second kappa shape index (κ2) is 7.97. The molecule has 1 atom stereocenters. The molecule has 2 aromatic carbocycles. The van der Waals surface area contributed by atoms with Gasteiger partial charge in [-0.05, 0) is 62.1 Å². The van der Waals surface area contributed by atoms with Crippen LogP contribution in [-0.2, 0) is 4.79 Å². The van der Waals surface area contributed by atoms with Crippen LogP contribution in [-0.4, -0.2) is 17.9 Å². The van der Waals surface area contributed by atoms with E-state index in [4.69, 9.17) is 0 Å². The van der Waals surface area contributed by atoms with Gasteiger partial charge in [0.1, 0.15) is 6.04 Å². The first-order chi connectivity index (χ1) is 11.8. The molecule has 2 rings (SSSR count). The Kier molecular flexibility index (Phi) is 5.97. The lowest BCUT2D eigenvalue weighted by Crippen LogP contribution is -2.47. The van der Waals surface area contributed by atoms with Gasteiger partial charge in [-0.1, -0.05) is 37.6 Å². The normalized spacial score (nSPS) is 11.9. The maximum Gasteiger partial charge on any atom is 0.251 e. The van der Waals surface area contributed by atoms with Gasteiger partial charge in [-0.15, -0.1) is 0 Å². The molecule has 0 aliphatic heterocycles. The van der Waals surface area contributed by atoms with Gasteiger partial charge in [0.05, 0.1) is 0 Å². The molecule has 0 bridgehead atoms. The Bertz CT molecular complexity index is 781. The van der Waals surface area contributed by atoms with Gasteiger partial charge < -0.3 is 10.6 Å². The zero-order valence-corrected chi connectivity index (χ0v) is 15.5. The van der Waals surface area contributed by atoms with Gasteiger partial charge in [-0.3, -0.25) is 9.59 Å². The van der Waals surface area contributed by atoms with Crippen molar-refractivity contribution in [2.75, 3.05) is 5.32 Å². The lowest BCUT2D eigenvalue weighted by atomic mass is 10.0. The van der Waals surface area contributed by atoms with E-state index in [1.165, 1.54) is 5.56 Å². The molecule has 0 radical (unpaired) electrons. The summed E-state index contributed by atoms with van der Waals surface area (Å²) in [6.45, 7) is 9.80. The van der Waals surface area contributed by atoms with Crippen LogP contribution in [0, 0.1) is 26.7 Å². The molecule has 0 fully saturated rings. The van der Waals surface area contributed by atoms with Crippen molar-refractivity contribution in [3.8, 4) is 0 Å². The van der Waals surface area contributed by atoms with E-state index in [2.05, 4.69) is 10.6 Å². The third-order valence-electron chi connectivity index (χ3n) is 4.29. The lowest BCUT2D eigenvalue weighted by Gasteiger charge is -2.22. The summed E-state index contributed by atoms with van der Waals surface area (Å²) >= 11 is 0. The number of carbonyl (C=O) groups is 2. The molecule has 0 aromatic heterocycles. The van der Waals surface area contributed by atoms with Crippen LogP contribution in [0.4, 0.5) is 5.69 Å². The highest BCUT2D eigenvalue weighted by Crippen LogP contribution is 2.16. The highest BCUT2D eigenvalue weighted by Gasteiger charge is 2.24. The zero-order chi connectivity index (χ0) is 18.6. The molecule has 4 nitrogen and oxygen atoms in total. The fourth-order valence-corrected chi connectivity index (χ4v) is 2.59. The molecule has 0 heterocycles. The molecule has 0 spiro atoms. The monoisotopic (exact) mass is 338 g/mol. The minimum absolute atomic E-state index is 0.0275. The lowest BCUT2D eigenvalue weighted by molar-refractivity contribution is -0.118. The Balaban J connectivity index is 2.12. The van der Waals surface area contributed by atoms with Crippen molar-refractivity contribution in [3.05, 3.63) is 64.7 Å². The van der Waals surface area contributed by atoms with E-state index in [1.54, 1.807) is 6.07 Å². The summed E-state index contributed by atoms with van der Waals surface area (Å²) < 4.78 is 0. The van der Waals surface area contributed by atoms with Crippen LogP contribution in [0.5, 0.6) is 0 Å². The number of anilines is 1. The molecule has 0 aliphatic rings. The van der Waals surface area contributed by atoms with E-state index in [0.717, 1.165) is 16.8 Å². The van der Waals surface area contributed by atoms with Crippen LogP contribution in [0.15, 0.2) is 42.5 Å². The van der Waals surface area contributed by atoms with Gasteiger partial charge in [0.15, 0.2) is 0 Å². The van der Waals surface area contributed by atoms with Crippen LogP contribution in [0.2, 0.25) is 0 Å². The summed E-state index contributed by atoms with van der Waals surface area (Å²) in [6, 6.07) is 12.5. The predicted molar refractivity (Wildman–Crippen MR) is 102 cm³/mol. The number of rotatable bonds is 5. The molecule has 2 aromatic rings. The Morgan fingerprint density at radius 1 is 0.920 bits per heavy atom. The first kappa shape index (κ1) is 18.7. The van der Waals surface area contributed by atoms with Gasteiger partial charge >= 0.3 is 0 Å². The Hall–Kier alpha value is -2.62. The van der Waals surface area contributed by atoms with Crippen molar-refractivity contribution >= 4 is 17.5 Å². The molecule has 1 unspecified atom stereocenters. The van der Waals surface area contributed by atoms with E-state index in [9.17, 15) is 9.59 Å². The Labute approximate surface area is 149 Å². The van der Waals surface area contributed by atoms with Crippen LogP contribution >= 0.6 is 0 Å². The molecule has 0 aliphatic carbocycles. The molecule has 132 valence electrons. The number of aryl methyl sites for hydroxylation is 3. The fourth-order valence-electron chi connectivity index (χ4n) is 2.59. The molecule has 4 heteroatoms. The average Bonchev–Trinajstić information content (AvgIpc) is 2.55. The summed E-state index contributed by atoms with van der Waals surface area (Å²) in [5.74, 6) is -0.475. The standard InChI is InChI=1S/C21H26N2O2/c1-13(2)19(23-20(24)17-8-6-7-14(3)11-17)21(25)22-18-10-9-15(4)16(5)12-18/h6-13,19H,1-5H3,(H,22,25)(H,23,24). The second-order valence-electron chi connectivity index (χ2n) is 6.85. The highest BCUT2D eigenvalue weighted by molar-refractivity contribution is 6.01. The summed E-state index contributed by atoms with van der Waals surface area (Å²) in [5.41, 5.74) is 4.59. The summed E-state index contributed by atoms with van der Waals surface area (Å²) in [4.78, 5) is 25.1. The third-order valence-corrected chi connectivity index (χ3v) is 4.29. The fraction of sp³-hybridized carbons (Fsp3) is 0.333. The molecular formula is C21H26N2O2. The van der Waals surface area contributed by atoms with E-state index in [0.29, 0.717) is 5.56 Å². The SMILES string of the molecule is Cc1cccc(C(=O)NC(C(=O)Nc2ccc(C)c(C)c2)C(C)C)c1. The summed E-state index contributed by atoms with van der Waals surface area (Å²) in [6.07, 6.45) is 0. The number of amides is 2. The van der Waals surface area contributed by atoms with Gasteiger partial charge in [0, 0.05) is 11.3 Å². The van der Waals surface area contributed by atoms with Crippen molar-refractivity contribution in [2.24, 2.45) is 5.92 Å². The molecule has 25 heavy (non-hydrogen) atoms. The van der Waals surface area contributed by atoms with E-state index in [1.807, 2.05) is 71.0 Å². The van der Waals surface area contributed by atoms with Crippen LogP contribution in [0.25, 0.3) is 0 Å². The largest absolute Gasteiger partial charge is 0.340 e. The maximum atomic E-state index is 12.7. The van der Waals surface area contributed by atoms with Crippen LogP contribution < -0.4 is 10.6 Å². The second-order valence-corrected chi connectivity index (χ2v) is 6.85. The predicted octanol–water partition coefficient (Wildman–Crippen LogP) is 4.00. The third kappa shape index (κ3) is 4.92. The van der Waals surface area contributed by atoms with Crippen LogP contribution in [0.1, 0.15) is 40.9 Å². The molecule has 2 amide bonds. The summed E-state index contributed by atoms with van der Waals surface area (Å²) in [5, 5.41) is 5.76. The van der Waals surface area contributed by atoms with E-state index >= 15 is 0 Å². The smallest absolute Gasteiger partial charge is 0.251 e. The van der Waals surface area contributed by atoms with Gasteiger partial charge in [-0.25, -0.2) is 0 Å². The minimum Gasteiger partial charge on any atom is -0.340 e. The van der Waals surface area contributed by atoms with Crippen molar-refractivity contribution in [1.29, 1.82) is 0 Å². The van der Waals surface area contributed by atoms with Crippen molar-refractivity contribution in [1.82, 2.24) is 5.32 Å². The van der Waals surface area contributed by atoms with E-state index in [-0.39, 0.29) is 17.7 Å². The van der Waals surface area contributed by atoms with E-state index < -0.39 is 6.04 Å². The van der Waals surface area contributed by atoms with Crippen molar-refractivity contribution in [2.45, 2.75) is 40.7 Å². The van der Waals surface area contributed by atoms with Crippen molar-refractivity contribution < 1.29 is 9.59 Å². The number of carbonyl (C=O) groups excluding carboxylic acids is 2. The zero-order valence-electron chi connectivity index (χ0n) is 15.5. The summed E-state index contributed by atoms with van der Waals surface area (Å²) in [7, 11) is 0. The van der Waals surface area contributed by atoms with Crippen molar-refractivity contribution in [3.63, 3.8) is 0 Å². The minimum atomic E-state index is -0.602. The maximum absolute atomic E-state index is 12.7. The molecule has 0 saturated carbocycles. The average molecular weight is 338 g/mol. The first-order valence-corrected chi connectivity index (χ1v) is 8.53. The Morgan fingerprint density at radius 3 is 2.24 bits per heavy atom. The van der Waals surface area contributed by atoms with Gasteiger partial charge in [0.25, 0.3) is 5.91 Å². The number of nitrogens with one attached hydrogen (secondary N) is 2. The first-order valence-electron chi connectivity index (χ1n) is 8.53. The van der Waals surface area contributed by atoms with Gasteiger partial charge in [0.2, 0.25) is 5.91 Å². The topological polar surface area (TPSA) is 58.2 Å². The molecule has 2 N–H and O–H groups in total. The number of benzene rings is 2. The number of hydrogen-bond donors (Lipinski definition) is 2. The Morgan fingerprint density at radius 2 is 1.64 bits per heavy atom. The van der Waals surface area contributed by atoms with Gasteiger partial charge in [-0.2, -0.15) is 0 Å². The molecular weight excluding hydrogens is 312 g/mol. The highest BCUT2D eigenvalue weighted by atomic mass is 16.2. The quantitative estimate of drug-likeness (QED) is 0.865.